The first-order valence-electron chi connectivity index (χ1n) is 6.55. The minimum Gasteiger partial charge on any atom is -0.274 e. The zero-order valence-electron chi connectivity index (χ0n) is 11.8. The molecule has 1 aromatic heterocycles. The zero-order chi connectivity index (χ0) is 15.7. The van der Waals surface area contributed by atoms with E-state index >= 15 is 0 Å². The van der Waals surface area contributed by atoms with Gasteiger partial charge < -0.3 is 0 Å². The molecule has 1 saturated carbocycles. The van der Waals surface area contributed by atoms with E-state index < -0.39 is 37.1 Å². The SMILES string of the molecule is [2H]C([2H])(COOC(=O)n1cccn1)CC1(C(F)(F)F)CC1. The standard InChI is InChI=1S/C11H13F3N2O3/c12-11(13,14)10(4-5-10)3-1-8-18-19-9(17)16-7-2-6-15-16/h2,6-7H,1,3-5,8H2/i1D2. The minimum absolute atomic E-state index is 0.0942. The van der Waals surface area contributed by atoms with Crippen LogP contribution in [0.1, 0.15) is 28.4 Å². The maximum absolute atomic E-state index is 12.8. The van der Waals surface area contributed by atoms with Crippen LogP contribution in [0.2, 0.25) is 0 Å². The second-order valence-electron chi connectivity index (χ2n) is 4.27. The molecule has 0 unspecified atom stereocenters. The Kier molecular flexibility index (Phi) is 3.08. The fraction of sp³-hybridized carbons (Fsp3) is 0.636. The van der Waals surface area contributed by atoms with Crippen LogP contribution in [-0.2, 0) is 9.78 Å². The molecule has 8 heteroatoms. The normalized spacial score (nSPS) is 19.5. The molecule has 1 heterocycles. The average molecular weight is 280 g/mol. The Balaban J connectivity index is 1.81. The quantitative estimate of drug-likeness (QED) is 0.614. The predicted molar refractivity (Wildman–Crippen MR) is 57.0 cm³/mol. The third-order valence-electron chi connectivity index (χ3n) is 2.90. The molecule has 0 aliphatic heterocycles. The Morgan fingerprint density at radius 3 is 2.79 bits per heavy atom. The molecule has 106 valence electrons. The van der Waals surface area contributed by atoms with Crippen LogP contribution in [0, 0.1) is 5.41 Å². The second-order valence-corrected chi connectivity index (χ2v) is 4.27. The number of carbonyl (C=O) groups excluding carboxylic acids is 1. The molecule has 5 nitrogen and oxygen atoms in total. The molecule has 0 radical (unpaired) electrons. The molecule has 0 N–H and O–H groups in total. The van der Waals surface area contributed by atoms with Crippen LogP contribution in [0.5, 0.6) is 0 Å². The highest BCUT2D eigenvalue weighted by Crippen LogP contribution is 2.60. The fourth-order valence-electron chi connectivity index (χ4n) is 1.54. The van der Waals surface area contributed by atoms with Crippen LogP contribution in [0.25, 0.3) is 0 Å². The Bertz CT molecular complexity index is 501. The van der Waals surface area contributed by atoms with Crippen molar-refractivity contribution < 1.29 is 30.5 Å². The molecule has 1 fully saturated rings. The van der Waals surface area contributed by atoms with Crippen molar-refractivity contribution in [2.75, 3.05) is 6.61 Å². The van der Waals surface area contributed by atoms with Crippen molar-refractivity contribution in [2.45, 2.75) is 31.8 Å². The summed E-state index contributed by atoms with van der Waals surface area (Å²) in [6, 6.07) is 1.46. The summed E-state index contributed by atoms with van der Waals surface area (Å²) < 4.78 is 54.2. The lowest BCUT2D eigenvalue weighted by Gasteiger charge is -2.18. The Morgan fingerprint density at radius 1 is 1.53 bits per heavy atom. The van der Waals surface area contributed by atoms with Gasteiger partial charge in [0.1, 0.15) is 0 Å². The highest BCUT2D eigenvalue weighted by Gasteiger charge is 2.62. The van der Waals surface area contributed by atoms with Crippen LogP contribution in [0.15, 0.2) is 18.5 Å². The topological polar surface area (TPSA) is 53.4 Å². The lowest BCUT2D eigenvalue weighted by molar-refractivity contribution is -0.242. The van der Waals surface area contributed by atoms with Gasteiger partial charge in [0.05, 0.1) is 12.0 Å². The lowest BCUT2D eigenvalue weighted by Crippen LogP contribution is -2.25. The number of rotatable bonds is 5. The largest absolute Gasteiger partial charge is 0.465 e. The van der Waals surface area contributed by atoms with E-state index in [1.165, 1.54) is 18.5 Å². The molecule has 1 aliphatic rings. The molecule has 0 amide bonds. The number of hydrogen-bond acceptors (Lipinski definition) is 4. The summed E-state index contributed by atoms with van der Waals surface area (Å²) in [7, 11) is 0. The molecule has 2 rings (SSSR count). The summed E-state index contributed by atoms with van der Waals surface area (Å²) in [5.41, 5.74) is -1.98. The summed E-state index contributed by atoms with van der Waals surface area (Å²) in [6.45, 7) is -0.780. The molecule has 0 aromatic carbocycles. The van der Waals surface area contributed by atoms with Gasteiger partial charge in [0.25, 0.3) is 0 Å². The summed E-state index contributed by atoms with van der Waals surface area (Å²) in [5, 5.41) is 3.55. The molecule has 0 atom stereocenters. The van der Waals surface area contributed by atoms with Gasteiger partial charge in [-0.05, 0) is 31.7 Å². The molecular formula is C11H13F3N2O3. The first kappa shape index (κ1) is 11.3. The van der Waals surface area contributed by atoms with Gasteiger partial charge in [0.15, 0.2) is 0 Å². The summed E-state index contributed by atoms with van der Waals surface area (Å²) in [4.78, 5) is 20.0. The van der Waals surface area contributed by atoms with E-state index in [0.29, 0.717) is 0 Å². The number of halogens is 3. The third-order valence-corrected chi connectivity index (χ3v) is 2.90. The second kappa shape index (κ2) is 5.20. The molecule has 1 aromatic rings. The molecule has 1 aliphatic carbocycles. The first-order chi connectivity index (χ1) is 9.65. The maximum Gasteiger partial charge on any atom is 0.465 e. The highest BCUT2D eigenvalue weighted by atomic mass is 19.4. The minimum atomic E-state index is -4.44. The van der Waals surface area contributed by atoms with Crippen LogP contribution >= 0.6 is 0 Å². The van der Waals surface area contributed by atoms with E-state index in [4.69, 9.17) is 2.74 Å². The summed E-state index contributed by atoms with van der Waals surface area (Å²) in [6.07, 6.45) is -6.01. The van der Waals surface area contributed by atoms with Gasteiger partial charge in [-0.3, -0.25) is 4.89 Å². The van der Waals surface area contributed by atoms with Crippen LogP contribution in [0.4, 0.5) is 18.0 Å². The van der Waals surface area contributed by atoms with Gasteiger partial charge in [0.2, 0.25) is 0 Å². The Hall–Kier alpha value is -1.57. The molecule has 19 heavy (non-hydrogen) atoms. The van der Waals surface area contributed by atoms with Gasteiger partial charge in [0, 0.05) is 15.1 Å². The summed E-state index contributed by atoms with van der Waals surface area (Å²) >= 11 is 0. The van der Waals surface area contributed by atoms with Crippen molar-refractivity contribution in [3.63, 3.8) is 0 Å². The van der Waals surface area contributed by atoms with Crippen molar-refractivity contribution in [2.24, 2.45) is 5.41 Å². The highest BCUT2D eigenvalue weighted by molar-refractivity contribution is 5.68. The van der Waals surface area contributed by atoms with Crippen molar-refractivity contribution in [3.05, 3.63) is 18.5 Å². The lowest BCUT2D eigenvalue weighted by atomic mass is 10.0. The van der Waals surface area contributed by atoms with E-state index in [-0.39, 0.29) is 12.8 Å². The van der Waals surface area contributed by atoms with Crippen molar-refractivity contribution in [1.29, 1.82) is 0 Å². The molecule has 0 bridgehead atoms. The van der Waals surface area contributed by atoms with Crippen LogP contribution < -0.4 is 0 Å². The fourth-order valence-corrected chi connectivity index (χ4v) is 1.54. The van der Waals surface area contributed by atoms with Gasteiger partial charge in [-0.15, -0.1) is 0 Å². The zero-order valence-corrected chi connectivity index (χ0v) is 9.81. The van der Waals surface area contributed by atoms with E-state index in [9.17, 15) is 18.0 Å². The summed E-state index contributed by atoms with van der Waals surface area (Å²) in [5.74, 6) is 0. The average Bonchev–Trinajstić information content (AvgIpc) is 2.92. The molecular weight excluding hydrogens is 265 g/mol. The Labute approximate surface area is 110 Å². The van der Waals surface area contributed by atoms with Crippen molar-refractivity contribution >= 4 is 6.09 Å². The predicted octanol–water partition coefficient (Wildman–Crippen LogP) is 2.92. The molecule has 0 spiro atoms. The maximum atomic E-state index is 12.8. The Morgan fingerprint density at radius 2 is 2.26 bits per heavy atom. The number of hydrogen-bond donors (Lipinski definition) is 0. The van der Waals surface area contributed by atoms with E-state index in [0.717, 1.165) is 4.68 Å². The van der Waals surface area contributed by atoms with Crippen molar-refractivity contribution in [3.8, 4) is 0 Å². The van der Waals surface area contributed by atoms with Crippen LogP contribution in [0.3, 0.4) is 0 Å². The molecule has 0 saturated heterocycles. The third kappa shape index (κ3) is 3.25. The number of aromatic nitrogens is 2. The van der Waals surface area contributed by atoms with E-state index in [1.807, 2.05) is 0 Å². The number of alkyl halides is 3. The smallest absolute Gasteiger partial charge is 0.274 e. The van der Waals surface area contributed by atoms with Crippen molar-refractivity contribution in [1.82, 2.24) is 9.78 Å². The monoisotopic (exact) mass is 280 g/mol. The van der Waals surface area contributed by atoms with E-state index in [2.05, 4.69) is 14.9 Å². The number of carbonyl (C=O) groups is 1. The van der Waals surface area contributed by atoms with Gasteiger partial charge >= 0.3 is 12.3 Å². The number of nitrogens with zero attached hydrogens (tertiary/aromatic N) is 2. The van der Waals surface area contributed by atoms with E-state index in [1.54, 1.807) is 0 Å². The first-order valence-corrected chi connectivity index (χ1v) is 5.55. The van der Waals surface area contributed by atoms with Crippen LogP contribution in [-0.4, -0.2) is 28.7 Å². The van der Waals surface area contributed by atoms with Gasteiger partial charge in [-0.1, -0.05) is 0 Å². The van der Waals surface area contributed by atoms with Gasteiger partial charge in [-0.2, -0.15) is 27.8 Å². The van der Waals surface area contributed by atoms with Gasteiger partial charge in [-0.25, -0.2) is 4.79 Å².